The maximum atomic E-state index is 13.1. The van der Waals surface area contributed by atoms with Crippen molar-refractivity contribution in [1.29, 1.82) is 0 Å². The number of rotatable bonds is 5. The molecule has 0 heterocycles. The normalized spacial score (nSPS) is 30.9. The summed E-state index contributed by atoms with van der Waals surface area (Å²) in [7, 11) is 0. The third-order valence-corrected chi connectivity index (χ3v) is 6.38. The van der Waals surface area contributed by atoms with Crippen LogP contribution in [0.25, 0.3) is 0 Å². The average molecular weight is 309 g/mol. The summed E-state index contributed by atoms with van der Waals surface area (Å²) < 4.78 is 6.24. The van der Waals surface area contributed by atoms with E-state index in [4.69, 9.17) is 4.74 Å². The van der Waals surface area contributed by atoms with Gasteiger partial charge in [-0.25, -0.2) is 0 Å². The monoisotopic (exact) mass is 308 g/mol. The fourth-order valence-corrected chi connectivity index (χ4v) is 4.63. The van der Waals surface area contributed by atoms with Crippen molar-refractivity contribution in [3.63, 3.8) is 0 Å². The maximum absolute atomic E-state index is 13.1. The van der Waals surface area contributed by atoms with Gasteiger partial charge in [0, 0.05) is 0 Å². The standard InChI is InChI=1S/C20H36O2/c1-8-19(7,15-11-9-10-12-15)22-16(21)20(13-17(2,3)4)14-18(20,5)6/h15H,8-14H2,1-7H3. The van der Waals surface area contributed by atoms with Crippen LogP contribution in [0, 0.1) is 22.2 Å². The van der Waals surface area contributed by atoms with Gasteiger partial charge in [-0.3, -0.25) is 4.79 Å². The van der Waals surface area contributed by atoms with Crippen molar-refractivity contribution >= 4 is 5.97 Å². The van der Waals surface area contributed by atoms with Crippen LogP contribution in [0.4, 0.5) is 0 Å². The van der Waals surface area contributed by atoms with Gasteiger partial charge in [0.15, 0.2) is 0 Å². The molecular formula is C20H36O2. The Hall–Kier alpha value is -0.530. The van der Waals surface area contributed by atoms with Gasteiger partial charge in [0.05, 0.1) is 5.41 Å². The average Bonchev–Trinajstić information content (AvgIpc) is 2.81. The van der Waals surface area contributed by atoms with Gasteiger partial charge in [0.1, 0.15) is 5.60 Å². The number of ether oxygens (including phenoxy) is 1. The van der Waals surface area contributed by atoms with Crippen LogP contribution in [0.15, 0.2) is 0 Å². The number of carbonyl (C=O) groups excluding carboxylic acids is 1. The summed E-state index contributed by atoms with van der Waals surface area (Å²) in [5.74, 6) is 0.624. The predicted molar refractivity (Wildman–Crippen MR) is 91.6 cm³/mol. The molecule has 2 fully saturated rings. The van der Waals surface area contributed by atoms with Crippen LogP contribution in [0.5, 0.6) is 0 Å². The molecule has 128 valence electrons. The minimum atomic E-state index is -0.267. The number of esters is 1. The second-order valence-corrected chi connectivity index (χ2v) is 9.92. The highest BCUT2D eigenvalue weighted by Gasteiger charge is 2.68. The number of carbonyl (C=O) groups is 1. The van der Waals surface area contributed by atoms with E-state index in [0.717, 1.165) is 19.3 Å². The van der Waals surface area contributed by atoms with E-state index in [1.807, 2.05) is 0 Å². The van der Waals surface area contributed by atoms with Crippen LogP contribution in [-0.2, 0) is 9.53 Å². The molecule has 0 N–H and O–H groups in total. The zero-order valence-electron chi connectivity index (χ0n) is 15.8. The molecule has 0 aromatic rings. The van der Waals surface area contributed by atoms with Crippen LogP contribution in [-0.4, -0.2) is 11.6 Å². The Kier molecular flexibility index (Phi) is 4.48. The minimum Gasteiger partial charge on any atom is -0.459 e. The molecule has 0 aliphatic heterocycles. The zero-order valence-corrected chi connectivity index (χ0v) is 15.8. The van der Waals surface area contributed by atoms with Crippen LogP contribution in [0.3, 0.4) is 0 Å². The van der Waals surface area contributed by atoms with Gasteiger partial charge in [-0.1, -0.05) is 54.4 Å². The fourth-order valence-electron chi connectivity index (χ4n) is 4.63. The van der Waals surface area contributed by atoms with E-state index in [-0.39, 0.29) is 27.8 Å². The van der Waals surface area contributed by atoms with E-state index in [2.05, 4.69) is 48.5 Å². The first-order valence-corrected chi connectivity index (χ1v) is 9.19. The first-order valence-electron chi connectivity index (χ1n) is 9.19. The fraction of sp³-hybridized carbons (Fsp3) is 0.950. The molecule has 0 bridgehead atoms. The quantitative estimate of drug-likeness (QED) is 0.605. The summed E-state index contributed by atoms with van der Waals surface area (Å²) in [6.45, 7) is 15.5. The molecule has 0 spiro atoms. The molecule has 2 aliphatic carbocycles. The molecule has 0 amide bonds. The van der Waals surface area contributed by atoms with Gasteiger partial charge < -0.3 is 4.74 Å². The van der Waals surface area contributed by atoms with Crippen LogP contribution in [0.2, 0.25) is 0 Å². The highest BCUT2D eigenvalue weighted by Crippen LogP contribution is 2.68. The molecule has 2 heteroatoms. The lowest BCUT2D eigenvalue weighted by Gasteiger charge is -2.37. The molecule has 0 saturated heterocycles. The van der Waals surface area contributed by atoms with Gasteiger partial charge >= 0.3 is 5.97 Å². The van der Waals surface area contributed by atoms with Crippen molar-refractivity contribution in [2.24, 2.45) is 22.2 Å². The highest BCUT2D eigenvalue weighted by molar-refractivity contribution is 5.82. The molecule has 0 radical (unpaired) electrons. The predicted octanol–water partition coefficient (Wildman–Crippen LogP) is 5.74. The van der Waals surface area contributed by atoms with Gasteiger partial charge in [0.2, 0.25) is 0 Å². The van der Waals surface area contributed by atoms with Gasteiger partial charge in [-0.2, -0.15) is 0 Å². The summed E-state index contributed by atoms with van der Waals surface area (Å²) >= 11 is 0. The van der Waals surface area contributed by atoms with E-state index in [0.29, 0.717) is 5.92 Å². The minimum absolute atomic E-state index is 0.0728. The number of hydrogen-bond acceptors (Lipinski definition) is 2. The van der Waals surface area contributed by atoms with Gasteiger partial charge in [-0.05, 0) is 55.8 Å². The van der Waals surface area contributed by atoms with Crippen molar-refractivity contribution in [2.45, 2.75) is 99.0 Å². The SMILES string of the molecule is CCC(C)(OC(=O)C1(CC(C)(C)C)CC1(C)C)C1CCCC1. The van der Waals surface area contributed by atoms with E-state index in [1.54, 1.807) is 0 Å². The van der Waals surface area contributed by atoms with Crippen molar-refractivity contribution in [2.75, 3.05) is 0 Å². The summed E-state index contributed by atoms with van der Waals surface area (Å²) in [4.78, 5) is 13.1. The topological polar surface area (TPSA) is 26.3 Å². The Labute approximate surface area is 137 Å². The van der Waals surface area contributed by atoms with Crippen molar-refractivity contribution < 1.29 is 9.53 Å². The Morgan fingerprint density at radius 1 is 1.14 bits per heavy atom. The first-order chi connectivity index (χ1) is 9.96. The van der Waals surface area contributed by atoms with E-state index < -0.39 is 0 Å². The van der Waals surface area contributed by atoms with Crippen LogP contribution in [0.1, 0.15) is 93.4 Å². The van der Waals surface area contributed by atoms with Crippen molar-refractivity contribution in [1.82, 2.24) is 0 Å². The Bertz CT molecular complexity index is 425. The Morgan fingerprint density at radius 3 is 2.00 bits per heavy atom. The summed E-state index contributed by atoms with van der Waals surface area (Å²) in [5.41, 5.74) is -0.290. The molecule has 2 saturated carbocycles. The molecule has 2 atom stereocenters. The van der Waals surface area contributed by atoms with E-state index in [1.165, 1.54) is 25.7 Å². The third kappa shape index (κ3) is 3.21. The third-order valence-electron chi connectivity index (χ3n) is 6.38. The molecule has 0 aromatic heterocycles. The Morgan fingerprint density at radius 2 is 1.64 bits per heavy atom. The molecule has 2 rings (SSSR count). The van der Waals surface area contributed by atoms with Crippen molar-refractivity contribution in [3.05, 3.63) is 0 Å². The maximum Gasteiger partial charge on any atom is 0.313 e. The second-order valence-electron chi connectivity index (χ2n) is 9.92. The lowest BCUT2D eigenvalue weighted by molar-refractivity contribution is -0.174. The second kappa shape index (κ2) is 5.53. The summed E-state index contributed by atoms with van der Waals surface area (Å²) in [6, 6.07) is 0. The van der Waals surface area contributed by atoms with Gasteiger partial charge in [0.25, 0.3) is 0 Å². The largest absolute Gasteiger partial charge is 0.459 e. The summed E-state index contributed by atoms with van der Waals surface area (Å²) in [5, 5.41) is 0. The van der Waals surface area contributed by atoms with Gasteiger partial charge in [-0.15, -0.1) is 0 Å². The molecule has 2 aliphatic rings. The molecule has 2 unspecified atom stereocenters. The smallest absolute Gasteiger partial charge is 0.313 e. The van der Waals surface area contributed by atoms with Crippen LogP contribution < -0.4 is 0 Å². The number of hydrogen-bond donors (Lipinski definition) is 0. The molecule has 22 heavy (non-hydrogen) atoms. The highest BCUT2D eigenvalue weighted by atomic mass is 16.6. The molecular weight excluding hydrogens is 272 g/mol. The molecule has 0 aromatic carbocycles. The van der Waals surface area contributed by atoms with E-state index in [9.17, 15) is 4.79 Å². The van der Waals surface area contributed by atoms with Crippen LogP contribution >= 0.6 is 0 Å². The lowest BCUT2D eigenvalue weighted by atomic mass is 9.78. The summed E-state index contributed by atoms with van der Waals surface area (Å²) in [6.07, 6.45) is 7.83. The van der Waals surface area contributed by atoms with E-state index >= 15 is 0 Å². The lowest BCUT2D eigenvalue weighted by Crippen LogP contribution is -2.42. The Balaban J connectivity index is 2.15. The first kappa shape index (κ1) is 17.8. The molecule has 2 nitrogen and oxygen atoms in total. The zero-order chi connectivity index (χ0) is 16.8. The van der Waals surface area contributed by atoms with Crippen molar-refractivity contribution in [3.8, 4) is 0 Å².